The van der Waals surface area contributed by atoms with Crippen LogP contribution in [0.3, 0.4) is 0 Å². The molecule has 0 aliphatic carbocycles. The molecule has 2 aromatic rings. The van der Waals surface area contributed by atoms with Gasteiger partial charge in [0.25, 0.3) is 5.91 Å². The molecule has 6 nitrogen and oxygen atoms in total. The molecular formula is C12H12N2O4S. The molecule has 1 aromatic carbocycles. The largest absolute Gasteiger partial charge is 0.351 e. The first-order chi connectivity index (χ1) is 8.86. The van der Waals surface area contributed by atoms with E-state index in [0.29, 0.717) is 11.4 Å². The van der Waals surface area contributed by atoms with Crippen LogP contribution in [0.5, 0.6) is 0 Å². The van der Waals surface area contributed by atoms with Crippen molar-refractivity contribution in [3.05, 3.63) is 41.8 Å². The van der Waals surface area contributed by atoms with E-state index in [4.69, 9.17) is 4.52 Å². The normalized spacial score (nSPS) is 11.3. The van der Waals surface area contributed by atoms with Crippen LogP contribution in [0.25, 0.3) is 0 Å². The van der Waals surface area contributed by atoms with E-state index < -0.39 is 15.7 Å². The number of hydrogen-bond donors (Lipinski definition) is 1. The van der Waals surface area contributed by atoms with Gasteiger partial charge >= 0.3 is 0 Å². The van der Waals surface area contributed by atoms with Gasteiger partial charge in [0.2, 0.25) is 5.76 Å². The molecule has 0 saturated heterocycles. The molecule has 1 N–H and O–H groups in total. The number of rotatable bonds is 3. The molecule has 0 atom stereocenters. The van der Waals surface area contributed by atoms with Gasteiger partial charge in [0.1, 0.15) is 0 Å². The summed E-state index contributed by atoms with van der Waals surface area (Å²) >= 11 is 0. The third-order valence-corrected chi connectivity index (χ3v) is 3.48. The van der Waals surface area contributed by atoms with Crippen molar-refractivity contribution in [1.29, 1.82) is 0 Å². The minimum Gasteiger partial charge on any atom is -0.351 e. The van der Waals surface area contributed by atoms with Gasteiger partial charge in [0.15, 0.2) is 9.84 Å². The minimum atomic E-state index is -3.31. The average Bonchev–Trinajstić information content (AvgIpc) is 2.75. The highest BCUT2D eigenvalue weighted by Crippen LogP contribution is 2.16. The maximum absolute atomic E-state index is 11.8. The number of carbonyl (C=O) groups excluding carboxylic acids is 1. The Kier molecular flexibility index (Phi) is 3.39. The fourth-order valence-corrected chi connectivity index (χ4v) is 2.13. The molecule has 0 aliphatic rings. The Bertz CT molecular complexity index is 719. The number of aromatic nitrogens is 1. The van der Waals surface area contributed by atoms with Gasteiger partial charge in [-0.15, -0.1) is 0 Å². The molecule has 0 radical (unpaired) electrons. The Balaban J connectivity index is 2.22. The predicted octanol–water partition coefficient (Wildman–Crippen LogP) is 1.64. The SMILES string of the molecule is Cc1cc(C(=O)Nc2cccc(S(C)(=O)=O)c2)on1. The van der Waals surface area contributed by atoms with E-state index in [1.54, 1.807) is 19.1 Å². The first-order valence-electron chi connectivity index (χ1n) is 5.41. The van der Waals surface area contributed by atoms with Crippen molar-refractivity contribution in [3.63, 3.8) is 0 Å². The lowest BCUT2D eigenvalue weighted by Crippen LogP contribution is -2.11. The molecular weight excluding hydrogens is 268 g/mol. The van der Waals surface area contributed by atoms with Gasteiger partial charge in [-0.3, -0.25) is 4.79 Å². The van der Waals surface area contributed by atoms with Gasteiger partial charge in [-0.2, -0.15) is 0 Å². The Morgan fingerprint density at radius 3 is 2.63 bits per heavy atom. The third kappa shape index (κ3) is 3.19. The molecule has 1 amide bonds. The number of benzene rings is 1. The first-order valence-corrected chi connectivity index (χ1v) is 7.30. The first kappa shape index (κ1) is 13.3. The lowest BCUT2D eigenvalue weighted by atomic mass is 10.3. The van der Waals surface area contributed by atoms with Crippen LogP contribution in [-0.2, 0) is 9.84 Å². The van der Waals surface area contributed by atoms with E-state index in [2.05, 4.69) is 10.5 Å². The molecule has 0 fully saturated rings. The van der Waals surface area contributed by atoms with Gasteiger partial charge < -0.3 is 9.84 Å². The lowest BCUT2D eigenvalue weighted by molar-refractivity contribution is 0.0988. The molecule has 19 heavy (non-hydrogen) atoms. The zero-order valence-corrected chi connectivity index (χ0v) is 11.2. The Hall–Kier alpha value is -2.15. The summed E-state index contributed by atoms with van der Waals surface area (Å²) < 4.78 is 27.6. The van der Waals surface area contributed by atoms with E-state index >= 15 is 0 Å². The number of sulfone groups is 1. The monoisotopic (exact) mass is 280 g/mol. The smallest absolute Gasteiger partial charge is 0.294 e. The molecule has 0 saturated carbocycles. The molecule has 7 heteroatoms. The third-order valence-electron chi connectivity index (χ3n) is 2.37. The Morgan fingerprint density at radius 1 is 1.32 bits per heavy atom. The van der Waals surface area contributed by atoms with Gasteiger partial charge in [0.05, 0.1) is 10.6 Å². The molecule has 1 heterocycles. The summed E-state index contributed by atoms with van der Waals surface area (Å²) in [6, 6.07) is 7.49. The fraction of sp³-hybridized carbons (Fsp3) is 0.167. The predicted molar refractivity (Wildman–Crippen MR) is 68.7 cm³/mol. The van der Waals surface area contributed by atoms with Gasteiger partial charge in [0, 0.05) is 18.0 Å². The van der Waals surface area contributed by atoms with Gasteiger partial charge in [-0.25, -0.2) is 8.42 Å². The van der Waals surface area contributed by atoms with E-state index in [-0.39, 0.29) is 10.7 Å². The van der Waals surface area contributed by atoms with Crippen LogP contribution >= 0.6 is 0 Å². The number of nitrogens with zero attached hydrogens (tertiary/aromatic N) is 1. The van der Waals surface area contributed by atoms with Crippen LogP contribution < -0.4 is 5.32 Å². The van der Waals surface area contributed by atoms with E-state index in [9.17, 15) is 13.2 Å². The second-order valence-corrected chi connectivity index (χ2v) is 6.10. The summed E-state index contributed by atoms with van der Waals surface area (Å²) in [5.41, 5.74) is 0.969. The van der Waals surface area contributed by atoms with Crippen molar-refractivity contribution in [3.8, 4) is 0 Å². The highest BCUT2D eigenvalue weighted by Gasteiger charge is 2.13. The highest BCUT2D eigenvalue weighted by molar-refractivity contribution is 7.90. The maximum atomic E-state index is 11.8. The summed E-state index contributed by atoms with van der Waals surface area (Å²) in [5.74, 6) is -0.409. The average molecular weight is 280 g/mol. The lowest BCUT2D eigenvalue weighted by Gasteiger charge is -2.04. The van der Waals surface area contributed by atoms with Crippen LogP contribution in [0.4, 0.5) is 5.69 Å². The molecule has 2 rings (SSSR count). The summed E-state index contributed by atoms with van der Waals surface area (Å²) in [4.78, 5) is 11.9. The van der Waals surface area contributed by atoms with Crippen LogP contribution in [0, 0.1) is 6.92 Å². The van der Waals surface area contributed by atoms with E-state index in [1.165, 1.54) is 18.2 Å². The number of nitrogens with one attached hydrogen (secondary N) is 1. The molecule has 0 unspecified atom stereocenters. The molecule has 100 valence electrons. The van der Waals surface area contributed by atoms with Gasteiger partial charge in [-0.1, -0.05) is 11.2 Å². The second kappa shape index (κ2) is 4.85. The Labute approximate surface area is 110 Å². The van der Waals surface area contributed by atoms with Crippen LogP contribution in [0.15, 0.2) is 39.8 Å². The quantitative estimate of drug-likeness (QED) is 0.923. The number of hydrogen-bond acceptors (Lipinski definition) is 5. The van der Waals surface area contributed by atoms with Crippen LogP contribution in [0.1, 0.15) is 16.2 Å². The number of amides is 1. The van der Waals surface area contributed by atoms with Gasteiger partial charge in [-0.05, 0) is 25.1 Å². The molecule has 0 spiro atoms. The Morgan fingerprint density at radius 2 is 2.05 bits per heavy atom. The van der Waals surface area contributed by atoms with E-state index in [1.807, 2.05) is 0 Å². The highest BCUT2D eigenvalue weighted by atomic mass is 32.2. The number of aryl methyl sites for hydroxylation is 1. The maximum Gasteiger partial charge on any atom is 0.294 e. The zero-order chi connectivity index (χ0) is 14.0. The second-order valence-electron chi connectivity index (χ2n) is 4.09. The number of anilines is 1. The topological polar surface area (TPSA) is 89.3 Å². The minimum absolute atomic E-state index is 0.0715. The van der Waals surface area contributed by atoms with Crippen molar-refractivity contribution in [2.75, 3.05) is 11.6 Å². The molecule has 0 aliphatic heterocycles. The van der Waals surface area contributed by atoms with Crippen molar-refractivity contribution >= 4 is 21.4 Å². The van der Waals surface area contributed by atoms with E-state index in [0.717, 1.165) is 6.26 Å². The summed E-state index contributed by atoms with van der Waals surface area (Å²) in [6.07, 6.45) is 1.10. The fourth-order valence-electron chi connectivity index (χ4n) is 1.47. The zero-order valence-electron chi connectivity index (χ0n) is 10.4. The number of carbonyl (C=O) groups is 1. The van der Waals surface area contributed by atoms with Crippen molar-refractivity contribution < 1.29 is 17.7 Å². The van der Waals surface area contributed by atoms with Crippen molar-refractivity contribution in [2.45, 2.75) is 11.8 Å². The summed E-state index contributed by atoms with van der Waals surface area (Å²) in [6.45, 7) is 1.70. The molecule has 1 aromatic heterocycles. The van der Waals surface area contributed by atoms with Crippen LogP contribution in [0.2, 0.25) is 0 Å². The van der Waals surface area contributed by atoms with Crippen LogP contribution in [-0.4, -0.2) is 25.7 Å². The van der Waals surface area contributed by atoms with Crippen molar-refractivity contribution in [1.82, 2.24) is 5.16 Å². The standard InChI is InChI=1S/C12H12N2O4S/c1-8-6-11(18-14-8)12(15)13-9-4-3-5-10(7-9)19(2,16)17/h3-7H,1-2H3,(H,13,15). The summed E-state index contributed by atoms with van der Waals surface area (Å²) in [7, 11) is -3.31. The molecule has 0 bridgehead atoms. The van der Waals surface area contributed by atoms with Crippen molar-refractivity contribution in [2.24, 2.45) is 0 Å². The summed E-state index contributed by atoms with van der Waals surface area (Å²) in [5, 5.41) is 6.15.